The van der Waals surface area contributed by atoms with E-state index in [0.717, 1.165) is 4.90 Å². The number of esters is 1. The lowest BCUT2D eigenvalue weighted by molar-refractivity contribution is -0.152. The third kappa shape index (κ3) is 6.14. The van der Waals surface area contributed by atoms with Crippen molar-refractivity contribution in [2.75, 3.05) is 26.2 Å². The molecular formula is C10H17N3O4S. The van der Waals surface area contributed by atoms with Gasteiger partial charge in [0.1, 0.15) is 6.54 Å². The van der Waals surface area contributed by atoms with Crippen molar-refractivity contribution in [3.8, 4) is 0 Å². The van der Waals surface area contributed by atoms with Gasteiger partial charge in [0, 0.05) is 6.54 Å². The minimum absolute atomic E-state index is 0.0587. The van der Waals surface area contributed by atoms with E-state index in [0.29, 0.717) is 0 Å². The number of ether oxygens (including phenoxy) is 1. The second-order valence-electron chi connectivity index (χ2n) is 3.27. The van der Waals surface area contributed by atoms with Gasteiger partial charge < -0.3 is 20.7 Å². The second kappa shape index (κ2) is 8.40. The van der Waals surface area contributed by atoms with Crippen molar-refractivity contribution < 1.29 is 19.1 Å². The Morgan fingerprint density at radius 2 is 1.94 bits per heavy atom. The van der Waals surface area contributed by atoms with Crippen molar-refractivity contribution in [3.05, 3.63) is 0 Å². The summed E-state index contributed by atoms with van der Waals surface area (Å²) in [4.78, 5) is 35.4. The molecule has 7 nitrogen and oxygen atoms in total. The number of hydrogen-bond donors (Lipinski definition) is 2. The van der Waals surface area contributed by atoms with Gasteiger partial charge in [0.2, 0.25) is 0 Å². The van der Waals surface area contributed by atoms with Crippen LogP contribution in [0.3, 0.4) is 0 Å². The maximum Gasteiger partial charge on any atom is 0.325 e. The first-order valence-corrected chi connectivity index (χ1v) is 5.84. The summed E-state index contributed by atoms with van der Waals surface area (Å²) in [5.41, 5.74) is 5.19. The van der Waals surface area contributed by atoms with Gasteiger partial charge in [-0.2, -0.15) is 0 Å². The maximum atomic E-state index is 11.6. The van der Waals surface area contributed by atoms with E-state index < -0.39 is 17.8 Å². The number of hydrogen-bond acceptors (Lipinski definition) is 5. The number of nitrogens with zero attached hydrogens (tertiary/aromatic N) is 1. The molecule has 102 valence electrons. The number of likely N-dealkylation sites (N-methyl/N-ethyl adjacent to an activating group) is 1. The Kier molecular flexibility index (Phi) is 7.61. The van der Waals surface area contributed by atoms with E-state index in [1.54, 1.807) is 13.8 Å². The monoisotopic (exact) mass is 275 g/mol. The van der Waals surface area contributed by atoms with E-state index in [9.17, 15) is 14.4 Å². The molecule has 0 atom stereocenters. The highest BCUT2D eigenvalue weighted by atomic mass is 32.1. The summed E-state index contributed by atoms with van der Waals surface area (Å²) in [6, 6.07) is 0. The highest BCUT2D eigenvalue weighted by Crippen LogP contribution is 1.92. The fourth-order valence-corrected chi connectivity index (χ4v) is 1.15. The van der Waals surface area contributed by atoms with Gasteiger partial charge in [-0.25, -0.2) is 0 Å². The molecule has 8 heteroatoms. The van der Waals surface area contributed by atoms with Gasteiger partial charge in [-0.05, 0) is 13.8 Å². The summed E-state index contributed by atoms with van der Waals surface area (Å²) in [5, 5.41) is 2.25. The Morgan fingerprint density at radius 1 is 1.33 bits per heavy atom. The molecule has 2 amide bonds. The summed E-state index contributed by atoms with van der Waals surface area (Å²) in [6.45, 7) is 3.43. The predicted molar refractivity (Wildman–Crippen MR) is 68.7 cm³/mol. The molecule has 0 fully saturated rings. The van der Waals surface area contributed by atoms with Crippen LogP contribution in [0.25, 0.3) is 0 Å². The Hall–Kier alpha value is -1.70. The molecule has 0 saturated carbocycles. The van der Waals surface area contributed by atoms with Gasteiger partial charge >= 0.3 is 17.8 Å². The fourth-order valence-electron chi connectivity index (χ4n) is 1.08. The molecular weight excluding hydrogens is 258 g/mol. The van der Waals surface area contributed by atoms with Crippen LogP contribution in [0.15, 0.2) is 0 Å². The smallest absolute Gasteiger partial charge is 0.325 e. The Balaban J connectivity index is 4.37. The largest absolute Gasteiger partial charge is 0.465 e. The standard InChI is InChI=1S/C10H17N3O4S/c1-3-13(6-8(14)17-4-2)10(16)9(15)12-5-7(11)18/h3-6H2,1-2H3,(H2,11,18)(H,12,15). The number of nitrogens with two attached hydrogens (primary N) is 1. The zero-order valence-electron chi connectivity index (χ0n) is 10.4. The molecule has 18 heavy (non-hydrogen) atoms. The predicted octanol–water partition coefficient (Wildman–Crippen LogP) is -1.20. The summed E-state index contributed by atoms with van der Waals surface area (Å²) >= 11 is 4.56. The summed E-state index contributed by atoms with van der Waals surface area (Å²) in [7, 11) is 0. The average molecular weight is 275 g/mol. The quantitative estimate of drug-likeness (QED) is 0.359. The first-order chi connectivity index (χ1) is 8.42. The number of amides is 2. The molecule has 0 radical (unpaired) electrons. The zero-order valence-corrected chi connectivity index (χ0v) is 11.2. The Labute approximate surface area is 111 Å². The first kappa shape index (κ1) is 16.3. The van der Waals surface area contributed by atoms with E-state index >= 15 is 0 Å². The lowest BCUT2D eigenvalue weighted by Gasteiger charge is -2.18. The molecule has 0 aliphatic carbocycles. The Morgan fingerprint density at radius 3 is 2.39 bits per heavy atom. The lowest BCUT2D eigenvalue weighted by Crippen LogP contribution is -2.46. The third-order valence-corrected chi connectivity index (χ3v) is 2.06. The average Bonchev–Trinajstić information content (AvgIpc) is 2.32. The molecule has 0 spiro atoms. The normalized spacial score (nSPS) is 9.44. The van der Waals surface area contributed by atoms with Gasteiger partial charge in [0.25, 0.3) is 0 Å². The van der Waals surface area contributed by atoms with Gasteiger partial charge in [-0.3, -0.25) is 14.4 Å². The lowest BCUT2D eigenvalue weighted by atomic mass is 10.4. The van der Waals surface area contributed by atoms with Crippen molar-refractivity contribution in [2.45, 2.75) is 13.8 Å². The van der Waals surface area contributed by atoms with Crippen LogP contribution in [0.5, 0.6) is 0 Å². The van der Waals surface area contributed by atoms with E-state index in [2.05, 4.69) is 17.5 Å². The van der Waals surface area contributed by atoms with Crippen LogP contribution in [-0.4, -0.2) is 53.9 Å². The van der Waals surface area contributed by atoms with Crippen molar-refractivity contribution in [1.82, 2.24) is 10.2 Å². The molecule has 0 unspecified atom stereocenters. The van der Waals surface area contributed by atoms with Crippen LogP contribution >= 0.6 is 12.2 Å². The van der Waals surface area contributed by atoms with Crippen molar-refractivity contribution in [3.63, 3.8) is 0 Å². The molecule has 0 aromatic rings. The minimum Gasteiger partial charge on any atom is -0.465 e. The summed E-state index contributed by atoms with van der Waals surface area (Å²) < 4.78 is 4.70. The summed E-state index contributed by atoms with van der Waals surface area (Å²) in [5.74, 6) is -2.23. The van der Waals surface area contributed by atoms with Crippen LogP contribution in [0.2, 0.25) is 0 Å². The third-order valence-electron chi connectivity index (χ3n) is 1.91. The SMILES string of the molecule is CCOC(=O)CN(CC)C(=O)C(=O)NCC(N)=S. The minimum atomic E-state index is -0.853. The maximum absolute atomic E-state index is 11.6. The first-order valence-electron chi connectivity index (χ1n) is 5.43. The topological polar surface area (TPSA) is 102 Å². The van der Waals surface area contributed by atoms with Gasteiger partial charge in [-0.1, -0.05) is 12.2 Å². The molecule has 0 saturated heterocycles. The van der Waals surface area contributed by atoms with E-state index in [4.69, 9.17) is 10.5 Å². The fraction of sp³-hybridized carbons (Fsp3) is 0.600. The molecule has 0 aliphatic heterocycles. The van der Waals surface area contributed by atoms with E-state index in [-0.39, 0.29) is 31.2 Å². The Bertz CT molecular complexity index is 346. The van der Waals surface area contributed by atoms with Gasteiger partial charge in [0.15, 0.2) is 0 Å². The zero-order chi connectivity index (χ0) is 14.1. The van der Waals surface area contributed by atoms with Crippen LogP contribution in [0.4, 0.5) is 0 Å². The van der Waals surface area contributed by atoms with Crippen molar-refractivity contribution in [2.24, 2.45) is 5.73 Å². The van der Waals surface area contributed by atoms with Crippen LogP contribution < -0.4 is 11.1 Å². The highest BCUT2D eigenvalue weighted by Gasteiger charge is 2.22. The second-order valence-corrected chi connectivity index (χ2v) is 3.80. The molecule has 0 aromatic carbocycles. The highest BCUT2D eigenvalue weighted by molar-refractivity contribution is 7.80. The number of nitrogens with one attached hydrogen (secondary N) is 1. The van der Waals surface area contributed by atoms with Gasteiger partial charge in [-0.15, -0.1) is 0 Å². The molecule has 0 aromatic heterocycles. The molecule has 0 aliphatic rings. The summed E-state index contributed by atoms with van der Waals surface area (Å²) in [6.07, 6.45) is 0. The molecule has 0 heterocycles. The van der Waals surface area contributed by atoms with Crippen LogP contribution in [-0.2, 0) is 19.1 Å². The van der Waals surface area contributed by atoms with Crippen molar-refractivity contribution >= 4 is 35.0 Å². The van der Waals surface area contributed by atoms with Crippen LogP contribution in [0.1, 0.15) is 13.8 Å². The molecule has 0 rings (SSSR count). The van der Waals surface area contributed by atoms with E-state index in [1.165, 1.54) is 0 Å². The molecule has 0 bridgehead atoms. The van der Waals surface area contributed by atoms with Crippen LogP contribution in [0, 0.1) is 0 Å². The number of thiocarbonyl (C=S) groups is 1. The van der Waals surface area contributed by atoms with E-state index in [1.807, 2.05) is 0 Å². The van der Waals surface area contributed by atoms with Gasteiger partial charge in [0.05, 0.1) is 18.1 Å². The number of rotatable bonds is 6. The number of carbonyl (C=O) groups is 3. The molecule has 3 N–H and O–H groups in total. The number of carbonyl (C=O) groups excluding carboxylic acids is 3. The van der Waals surface area contributed by atoms with Crippen molar-refractivity contribution in [1.29, 1.82) is 0 Å².